The van der Waals surface area contributed by atoms with Crippen LogP contribution in [0.2, 0.25) is 0 Å². The number of unbranched alkanes of at least 4 members (excludes halogenated alkanes) is 4. The topological polar surface area (TPSA) is 104 Å². The van der Waals surface area contributed by atoms with E-state index in [1.165, 1.54) is 13.8 Å². The van der Waals surface area contributed by atoms with Crippen LogP contribution in [0.1, 0.15) is 58.8 Å². The fourth-order valence-corrected chi connectivity index (χ4v) is 1.65. The Morgan fingerprint density at radius 2 is 1.30 bits per heavy atom. The summed E-state index contributed by atoms with van der Waals surface area (Å²) in [6.45, 7) is 2.40. The van der Waals surface area contributed by atoms with Crippen molar-refractivity contribution in [2.75, 3.05) is 0 Å². The third-order valence-electron chi connectivity index (χ3n) is 2.66. The summed E-state index contributed by atoms with van der Waals surface area (Å²) in [5.41, 5.74) is 2.25. The van der Waals surface area contributed by atoms with Crippen LogP contribution in [0.25, 0.3) is 0 Å². The Balaban J connectivity index is 3.70. The minimum absolute atomic E-state index is 0.173. The summed E-state index contributed by atoms with van der Waals surface area (Å²) < 4.78 is 0. The molecule has 0 aromatic carbocycles. The lowest BCUT2D eigenvalue weighted by Gasteiger charge is -2.17. The Bertz CT molecular complexity index is 354. The molecule has 20 heavy (non-hydrogen) atoms. The van der Waals surface area contributed by atoms with Gasteiger partial charge in [0.25, 0.3) is 0 Å². The van der Waals surface area contributed by atoms with Crippen LogP contribution in [-0.2, 0) is 19.2 Å². The van der Waals surface area contributed by atoms with Crippen LogP contribution in [0.5, 0.6) is 0 Å². The van der Waals surface area contributed by atoms with Crippen molar-refractivity contribution in [1.82, 2.24) is 10.4 Å². The molecule has 0 aliphatic heterocycles. The molecule has 0 aromatic heterocycles. The van der Waals surface area contributed by atoms with Gasteiger partial charge in [-0.2, -0.15) is 5.01 Å². The largest absolute Gasteiger partial charge is 0.481 e. The van der Waals surface area contributed by atoms with Crippen LogP contribution in [0.15, 0.2) is 0 Å². The molecule has 3 amide bonds. The lowest BCUT2D eigenvalue weighted by molar-refractivity contribution is -0.151. The van der Waals surface area contributed by atoms with Gasteiger partial charge in [-0.25, -0.2) is 0 Å². The van der Waals surface area contributed by atoms with Gasteiger partial charge < -0.3 is 5.11 Å². The zero-order valence-electron chi connectivity index (χ0n) is 12.0. The third kappa shape index (κ3) is 9.07. The molecular weight excluding hydrogens is 264 g/mol. The van der Waals surface area contributed by atoms with Crippen molar-refractivity contribution >= 4 is 23.7 Å². The Morgan fingerprint density at radius 3 is 1.75 bits per heavy atom. The van der Waals surface area contributed by atoms with E-state index in [4.69, 9.17) is 5.11 Å². The highest BCUT2D eigenvalue weighted by molar-refractivity contribution is 5.95. The molecule has 0 bridgehead atoms. The maximum Gasteiger partial charge on any atom is 0.303 e. The van der Waals surface area contributed by atoms with Crippen molar-refractivity contribution in [1.29, 1.82) is 0 Å². The minimum Gasteiger partial charge on any atom is -0.481 e. The van der Waals surface area contributed by atoms with Gasteiger partial charge in [0, 0.05) is 26.7 Å². The molecule has 0 unspecified atom stereocenters. The maximum absolute atomic E-state index is 11.5. The highest BCUT2D eigenvalue weighted by Crippen LogP contribution is 2.07. The summed E-state index contributed by atoms with van der Waals surface area (Å²) in [5, 5.41) is 9.14. The van der Waals surface area contributed by atoms with Gasteiger partial charge in [-0.3, -0.25) is 24.6 Å². The molecule has 0 heterocycles. The maximum atomic E-state index is 11.5. The normalized spacial score (nSPS) is 9.90. The summed E-state index contributed by atoms with van der Waals surface area (Å²) in [6.07, 6.45) is 4.19. The van der Waals surface area contributed by atoms with Gasteiger partial charge in [0.2, 0.25) is 17.7 Å². The molecule has 0 fully saturated rings. The molecule has 0 spiro atoms. The van der Waals surface area contributed by atoms with Crippen molar-refractivity contribution < 1.29 is 24.3 Å². The van der Waals surface area contributed by atoms with E-state index in [1.807, 2.05) is 0 Å². The number of carbonyl (C=O) groups is 4. The number of hydrazine groups is 1. The van der Waals surface area contributed by atoms with Gasteiger partial charge in [-0.1, -0.05) is 19.3 Å². The average Bonchev–Trinajstić information content (AvgIpc) is 2.33. The summed E-state index contributed by atoms with van der Waals surface area (Å²) in [7, 11) is 0. The Kier molecular flexibility index (Phi) is 8.98. The first kappa shape index (κ1) is 18.1. The van der Waals surface area contributed by atoms with Crippen molar-refractivity contribution in [2.24, 2.45) is 0 Å². The SMILES string of the molecule is CC(=O)N(NC(=O)CCCCCCCC(=O)O)C(C)=O. The number of hydrogen-bond donors (Lipinski definition) is 2. The van der Waals surface area contributed by atoms with Crippen LogP contribution in [0, 0.1) is 0 Å². The second-order valence-corrected chi connectivity index (χ2v) is 4.57. The van der Waals surface area contributed by atoms with Crippen molar-refractivity contribution in [3.63, 3.8) is 0 Å². The molecule has 0 radical (unpaired) electrons. The molecule has 0 rings (SSSR count). The summed E-state index contributed by atoms with van der Waals surface area (Å²) in [4.78, 5) is 43.9. The number of amides is 3. The van der Waals surface area contributed by atoms with Gasteiger partial charge in [0.15, 0.2) is 0 Å². The second-order valence-electron chi connectivity index (χ2n) is 4.57. The highest BCUT2D eigenvalue weighted by Gasteiger charge is 2.15. The number of rotatable bonds is 8. The molecule has 0 aliphatic rings. The standard InChI is InChI=1S/C13H22N2O5/c1-10(16)15(11(2)17)14-12(18)8-6-4-3-5-7-9-13(19)20/h3-9H2,1-2H3,(H,14,18)(H,19,20). The first-order valence-electron chi connectivity index (χ1n) is 6.67. The lowest BCUT2D eigenvalue weighted by Crippen LogP contribution is -2.47. The van der Waals surface area contributed by atoms with E-state index in [0.717, 1.165) is 19.3 Å². The molecule has 2 N–H and O–H groups in total. The number of carboxylic acids is 1. The Morgan fingerprint density at radius 1 is 0.850 bits per heavy atom. The number of carboxylic acid groups (broad SMARTS) is 1. The fraction of sp³-hybridized carbons (Fsp3) is 0.692. The van der Waals surface area contributed by atoms with E-state index in [1.54, 1.807) is 0 Å². The van der Waals surface area contributed by atoms with Crippen molar-refractivity contribution in [2.45, 2.75) is 58.8 Å². The molecular formula is C13H22N2O5. The number of nitrogens with zero attached hydrogens (tertiary/aromatic N) is 1. The zero-order chi connectivity index (χ0) is 15.5. The molecule has 0 aliphatic carbocycles. The van der Waals surface area contributed by atoms with E-state index in [2.05, 4.69) is 5.43 Å². The Hall–Kier alpha value is -1.92. The van der Waals surface area contributed by atoms with Gasteiger partial charge >= 0.3 is 5.97 Å². The smallest absolute Gasteiger partial charge is 0.303 e. The summed E-state index contributed by atoms with van der Waals surface area (Å²) in [6, 6.07) is 0. The molecule has 7 nitrogen and oxygen atoms in total. The van der Waals surface area contributed by atoms with Crippen LogP contribution < -0.4 is 5.43 Å². The molecule has 0 saturated carbocycles. The fourth-order valence-electron chi connectivity index (χ4n) is 1.65. The van der Waals surface area contributed by atoms with E-state index in [0.29, 0.717) is 17.9 Å². The molecule has 114 valence electrons. The first-order chi connectivity index (χ1) is 9.34. The van der Waals surface area contributed by atoms with Crippen molar-refractivity contribution in [3.05, 3.63) is 0 Å². The number of imide groups is 1. The number of carbonyl (C=O) groups excluding carboxylic acids is 3. The van der Waals surface area contributed by atoms with Gasteiger partial charge in [-0.05, 0) is 12.8 Å². The third-order valence-corrected chi connectivity index (χ3v) is 2.66. The minimum atomic E-state index is -0.794. The summed E-state index contributed by atoms with van der Waals surface area (Å²) >= 11 is 0. The lowest BCUT2D eigenvalue weighted by atomic mass is 10.1. The predicted octanol–water partition coefficient (Wildman–Crippen LogP) is 1.23. The number of nitrogens with one attached hydrogen (secondary N) is 1. The monoisotopic (exact) mass is 286 g/mol. The average molecular weight is 286 g/mol. The van der Waals surface area contributed by atoms with E-state index in [9.17, 15) is 19.2 Å². The van der Waals surface area contributed by atoms with E-state index < -0.39 is 17.8 Å². The summed E-state index contributed by atoms with van der Waals surface area (Å²) in [5.74, 6) is -2.22. The van der Waals surface area contributed by atoms with E-state index >= 15 is 0 Å². The number of aliphatic carboxylic acids is 1. The highest BCUT2D eigenvalue weighted by atomic mass is 16.4. The van der Waals surface area contributed by atoms with E-state index in [-0.39, 0.29) is 18.7 Å². The quantitative estimate of drug-likeness (QED) is 0.516. The van der Waals surface area contributed by atoms with Crippen molar-refractivity contribution in [3.8, 4) is 0 Å². The van der Waals surface area contributed by atoms with Gasteiger partial charge in [0.05, 0.1) is 0 Å². The first-order valence-corrected chi connectivity index (χ1v) is 6.67. The van der Waals surface area contributed by atoms with Crippen LogP contribution in [-0.4, -0.2) is 33.8 Å². The molecule has 7 heteroatoms. The van der Waals surface area contributed by atoms with Crippen LogP contribution >= 0.6 is 0 Å². The van der Waals surface area contributed by atoms with Crippen LogP contribution in [0.4, 0.5) is 0 Å². The second kappa shape index (κ2) is 9.94. The predicted molar refractivity (Wildman–Crippen MR) is 71.3 cm³/mol. The molecule has 0 atom stereocenters. The number of hydrogen-bond acceptors (Lipinski definition) is 4. The zero-order valence-corrected chi connectivity index (χ0v) is 12.0. The van der Waals surface area contributed by atoms with Gasteiger partial charge in [0.1, 0.15) is 0 Å². The molecule has 0 saturated heterocycles. The molecule has 0 aromatic rings. The van der Waals surface area contributed by atoms with Gasteiger partial charge in [-0.15, -0.1) is 0 Å². The Labute approximate surface area is 118 Å². The van der Waals surface area contributed by atoms with Crippen LogP contribution in [0.3, 0.4) is 0 Å².